The largest absolute Gasteiger partial charge is 0.487 e. The average Bonchev–Trinajstić information content (AvgIpc) is 2.77. The van der Waals surface area contributed by atoms with Crippen LogP contribution >= 0.6 is 0 Å². The van der Waals surface area contributed by atoms with Crippen molar-refractivity contribution in [2.24, 2.45) is 4.99 Å². The molecule has 0 fully saturated rings. The summed E-state index contributed by atoms with van der Waals surface area (Å²) in [6, 6.07) is 18.6. The molecule has 0 aliphatic heterocycles. The first kappa shape index (κ1) is 21.3. The lowest BCUT2D eigenvalue weighted by Gasteiger charge is -2.13. The highest BCUT2D eigenvalue weighted by atomic mass is 19.1. The van der Waals surface area contributed by atoms with E-state index in [4.69, 9.17) is 4.74 Å². The molecule has 0 spiro atoms. The van der Waals surface area contributed by atoms with Crippen molar-refractivity contribution in [1.82, 2.24) is 15.6 Å². The van der Waals surface area contributed by atoms with Crippen molar-refractivity contribution in [3.63, 3.8) is 0 Å². The zero-order valence-electron chi connectivity index (χ0n) is 17.4. The number of aromatic nitrogens is 1. The van der Waals surface area contributed by atoms with Crippen molar-refractivity contribution in [2.45, 2.75) is 26.5 Å². The Morgan fingerprint density at radius 1 is 1.07 bits per heavy atom. The number of aliphatic imine (C=N–C) groups is 1. The van der Waals surface area contributed by atoms with Crippen molar-refractivity contribution in [1.29, 1.82) is 0 Å². The van der Waals surface area contributed by atoms with Crippen molar-refractivity contribution in [2.75, 3.05) is 13.6 Å². The lowest BCUT2D eigenvalue weighted by atomic mass is 10.1. The summed E-state index contributed by atoms with van der Waals surface area (Å²) in [4.78, 5) is 8.50. The van der Waals surface area contributed by atoms with Gasteiger partial charge in [-0.25, -0.2) is 4.39 Å². The lowest BCUT2D eigenvalue weighted by Crippen LogP contribution is -2.37. The number of hydrogen-bond acceptors (Lipinski definition) is 3. The summed E-state index contributed by atoms with van der Waals surface area (Å²) < 4.78 is 19.0. The molecule has 3 rings (SSSR count). The highest BCUT2D eigenvalue weighted by Gasteiger charge is 2.03. The molecule has 2 N–H and O–H groups in total. The normalized spacial score (nSPS) is 11.2. The van der Waals surface area contributed by atoms with E-state index in [1.807, 2.05) is 55.5 Å². The number of benzene rings is 2. The van der Waals surface area contributed by atoms with Crippen LogP contribution in [-0.4, -0.2) is 24.5 Å². The summed E-state index contributed by atoms with van der Waals surface area (Å²) in [5.74, 6) is 1.33. The van der Waals surface area contributed by atoms with Crippen LogP contribution in [0.2, 0.25) is 0 Å². The van der Waals surface area contributed by atoms with E-state index in [1.54, 1.807) is 19.3 Å². The van der Waals surface area contributed by atoms with E-state index in [0.29, 0.717) is 19.7 Å². The van der Waals surface area contributed by atoms with Gasteiger partial charge in [0.2, 0.25) is 0 Å². The molecule has 0 saturated carbocycles. The van der Waals surface area contributed by atoms with Crippen molar-refractivity contribution >= 4 is 5.96 Å². The maximum atomic E-state index is 13.2. The zero-order valence-corrected chi connectivity index (χ0v) is 17.4. The van der Waals surface area contributed by atoms with Gasteiger partial charge in [-0.05, 0) is 66.4 Å². The molecular weight excluding hydrogens is 379 g/mol. The number of guanidine groups is 1. The minimum Gasteiger partial charge on any atom is -0.487 e. The Labute approximate surface area is 177 Å². The summed E-state index contributed by atoms with van der Waals surface area (Å²) in [6.45, 7) is 3.74. The number of halogens is 1. The third-order valence-electron chi connectivity index (χ3n) is 4.71. The molecule has 5 nitrogen and oxygen atoms in total. The summed E-state index contributed by atoms with van der Waals surface area (Å²) in [5, 5.41) is 6.59. The third-order valence-corrected chi connectivity index (χ3v) is 4.71. The van der Waals surface area contributed by atoms with Crippen LogP contribution in [0.5, 0.6) is 5.75 Å². The highest BCUT2D eigenvalue weighted by Crippen LogP contribution is 2.14. The van der Waals surface area contributed by atoms with E-state index in [9.17, 15) is 4.39 Å². The van der Waals surface area contributed by atoms with Gasteiger partial charge >= 0.3 is 0 Å². The van der Waals surface area contributed by atoms with Crippen LogP contribution in [-0.2, 0) is 19.6 Å². The Kier molecular flexibility index (Phi) is 7.78. The Balaban J connectivity index is 1.42. The fourth-order valence-corrected chi connectivity index (χ4v) is 3.01. The fourth-order valence-electron chi connectivity index (χ4n) is 3.01. The predicted molar refractivity (Wildman–Crippen MR) is 118 cm³/mol. The van der Waals surface area contributed by atoms with Crippen molar-refractivity contribution in [3.05, 3.63) is 95.1 Å². The highest BCUT2D eigenvalue weighted by molar-refractivity contribution is 5.79. The van der Waals surface area contributed by atoms with E-state index in [1.165, 1.54) is 6.07 Å². The molecule has 0 unspecified atom stereocenters. The number of rotatable bonds is 8. The Morgan fingerprint density at radius 2 is 1.90 bits per heavy atom. The van der Waals surface area contributed by atoms with Crippen LogP contribution in [0.1, 0.15) is 22.4 Å². The lowest BCUT2D eigenvalue weighted by molar-refractivity contribution is 0.301. The van der Waals surface area contributed by atoms with Gasteiger partial charge < -0.3 is 15.4 Å². The monoisotopic (exact) mass is 406 g/mol. The molecule has 0 atom stereocenters. The Hall–Kier alpha value is -3.41. The predicted octanol–water partition coefficient (Wildman–Crippen LogP) is 4.02. The van der Waals surface area contributed by atoms with Crippen LogP contribution in [0, 0.1) is 12.7 Å². The first-order chi connectivity index (χ1) is 14.6. The van der Waals surface area contributed by atoms with Gasteiger partial charge in [-0.15, -0.1) is 0 Å². The average molecular weight is 407 g/mol. The van der Waals surface area contributed by atoms with Gasteiger partial charge in [0.25, 0.3) is 0 Å². The summed E-state index contributed by atoms with van der Waals surface area (Å²) in [5.41, 5.74) is 4.11. The van der Waals surface area contributed by atoms with Crippen LogP contribution in [0.4, 0.5) is 4.39 Å². The van der Waals surface area contributed by atoms with E-state index < -0.39 is 0 Å². The zero-order chi connectivity index (χ0) is 21.2. The van der Waals surface area contributed by atoms with Crippen LogP contribution < -0.4 is 15.4 Å². The van der Waals surface area contributed by atoms with Gasteiger partial charge in [0, 0.05) is 26.3 Å². The maximum absolute atomic E-state index is 13.2. The minimum atomic E-state index is -0.199. The Bertz CT molecular complexity index is 959. The van der Waals surface area contributed by atoms with Gasteiger partial charge in [-0.2, -0.15) is 0 Å². The second kappa shape index (κ2) is 11.0. The number of nitrogens with one attached hydrogen (secondary N) is 2. The van der Waals surface area contributed by atoms with Gasteiger partial charge in [0.15, 0.2) is 5.96 Å². The van der Waals surface area contributed by atoms with Crippen LogP contribution in [0.15, 0.2) is 71.9 Å². The molecule has 3 aromatic rings. The SMILES string of the molecule is CN=C(NCCc1ccc(F)cc1C)NCc1ccc(OCc2ccccn2)cc1. The number of aryl methyl sites for hydroxylation is 1. The quantitative estimate of drug-likeness (QED) is 0.438. The molecule has 0 saturated heterocycles. The number of hydrogen-bond donors (Lipinski definition) is 2. The summed E-state index contributed by atoms with van der Waals surface area (Å²) >= 11 is 0. The first-order valence-electron chi connectivity index (χ1n) is 9.95. The van der Waals surface area contributed by atoms with Gasteiger partial charge in [-0.3, -0.25) is 9.98 Å². The molecule has 30 heavy (non-hydrogen) atoms. The molecule has 0 radical (unpaired) electrons. The first-order valence-corrected chi connectivity index (χ1v) is 9.95. The topological polar surface area (TPSA) is 58.5 Å². The molecule has 0 bridgehead atoms. The van der Waals surface area contributed by atoms with Gasteiger partial charge in [-0.1, -0.05) is 24.3 Å². The summed E-state index contributed by atoms with van der Waals surface area (Å²) in [7, 11) is 1.74. The second-order valence-electron chi connectivity index (χ2n) is 6.93. The third kappa shape index (κ3) is 6.58. The molecular formula is C24H27FN4O. The molecule has 6 heteroatoms. The van der Waals surface area contributed by atoms with Crippen molar-refractivity contribution < 1.29 is 9.13 Å². The molecule has 2 aromatic carbocycles. The smallest absolute Gasteiger partial charge is 0.191 e. The van der Waals surface area contributed by atoms with E-state index in [0.717, 1.165) is 40.5 Å². The standard InChI is InChI=1S/C24H27FN4O/c1-18-15-21(25)9-8-20(18)12-14-28-24(26-2)29-16-19-6-10-23(11-7-19)30-17-22-5-3-4-13-27-22/h3-11,13,15H,12,14,16-17H2,1-2H3,(H2,26,28,29). The van der Waals surface area contributed by atoms with E-state index >= 15 is 0 Å². The fraction of sp³-hybridized carbons (Fsp3) is 0.250. The van der Waals surface area contributed by atoms with Crippen molar-refractivity contribution in [3.8, 4) is 5.75 Å². The van der Waals surface area contributed by atoms with E-state index in [-0.39, 0.29) is 5.82 Å². The molecule has 0 amide bonds. The van der Waals surface area contributed by atoms with Crippen LogP contribution in [0.3, 0.4) is 0 Å². The van der Waals surface area contributed by atoms with Gasteiger partial charge in [0.05, 0.1) is 5.69 Å². The number of ether oxygens (including phenoxy) is 1. The Morgan fingerprint density at radius 3 is 2.60 bits per heavy atom. The molecule has 0 aliphatic rings. The van der Waals surface area contributed by atoms with E-state index in [2.05, 4.69) is 20.6 Å². The number of nitrogens with zero attached hydrogens (tertiary/aromatic N) is 2. The molecule has 156 valence electrons. The van der Waals surface area contributed by atoms with Gasteiger partial charge in [0.1, 0.15) is 18.2 Å². The maximum Gasteiger partial charge on any atom is 0.191 e. The second-order valence-corrected chi connectivity index (χ2v) is 6.93. The minimum absolute atomic E-state index is 0.199. The van der Waals surface area contributed by atoms with Crippen LogP contribution in [0.25, 0.3) is 0 Å². The summed E-state index contributed by atoms with van der Waals surface area (Å²) in [6.07, 6.45) is 2.56. The molecule has 0 aliphatic carbocycles. The molecule has 1 heterocycles. The molecule has 1 aromatic heterocycles. The number of pyridine rings is 1.